The molecule has 7 heteroatoms. The topological polar surface area (TPSA) is 95.7 Å². The molecule has 1 aliphatic rings. The van der Waals surface area contributed by atoms with Gasteiger partial charge in [-0.25, -0.2) is 0 Å². The first-order valence-corrected chi connectivity index (χ1v) is 8.55. The van der Waals surface area contributed by atoms with Gasteiger partial charge < -0.3 is 25.3 Å². The lowest BCUT2D eigenvalue weighted by Crippen LogP contribution is -2.29. The van der Waals surface area contributed by atoms with Crippen LogP contribution < -0.4 is 20.5 Å². The number of carbonyl (C=O) groups is 1. The fourth-order valence-electron chi connectivity index (χ4n) is 2.80. The van der Waals surface area contributed by atoms with Crippen molar-refractivity contribution in [2.75, 3.05) is 19.0 Å². The molecule has 2 heterocycles. The monoisotopic (exact) mass is 357 g/mol. The maximum absolute atomic E-state index is 12.4. The van der Waals surface area contributed by atoms with Crippen molar-refractivity contribution in [3.8, 4) is 11.5 Å². The van der Waals surface area contributed by atoms with Gasteiger partial charge in [0.15, 0.2) is 11.5 Å². The molecule has 7 nitrogen and oxygen atoms in total. The summed E-state index contributed by atoms with van der Waals surface area (Å²) in [5, 5.41) is 2.87. The lowest BCUT2D eigenvalue weighted by molar-refractivity contribution is -0.126. The maximum atomic E-state index is 12.4. The normalized spacial score (nSPS) is 19.2. The predicted octanol–water partition coefficient (Wildman–Crippen LogP) is 2.11. The first kappa shape index (κ1) is 18.2. The molecule has 0 saturated carbocycles. The van der Waals surface area contributed by atoms with Gasteiger partial charge in [0.25, 0.3) is 5.91 Å². The molecule has 1 saturated heterocycles. The molecule has 1 aromatic heterocycles. The number of carbonyl (C=O) groups excluding carboxylic acids is 1. The molecule has 0 radical (unpaired) electrons. The van der Waals surface area contributed by atoms with E-state index in [0.29, 0.717) is 36.8 Å². The van der Waals surface area contributed by atoms with Gasteiger partial charge in [-0.1, -0.05) is 0 Å². The highest BCUT2D eigenvalue weighted by Crippen LogP contribution is 2.31. The molecule has 1 aromatic carbocycles. The third kappa shape index (κ3) is 4.50. The smallest absolute Gasteiger partial charge is 0.253 e. The molecule has 138 valence electrons. The first-order chi connectivity index (χ1) is 12.7. The lowest BCUT2D eigenvalue weighted by Gasteiger charge is -2.15. The number of aromatic nitrogens is 1. The summed E-state index contributed by atoms with van der Waals surface area (Å²) < 4.78 is 16.8. The molecule has 2 aromatic rings. The Morgan fingerprint density at radius 2 is 2.08 bits per heavy atom. The van der Waals surface area contributed by atoms with Crippen molar-refractivity contribution in [2.45, 2.75) is 31.7 Å². The molecule has 3 N–H and O–H groups in total. The van der Waals surface area contributed by atoms with Crippen LogP contribution in [0.2, 0.25) is 0 Å². The quantitative estimate of drug-likeness (QED) is 0.788. The lowest BCUT2D eigenvalue weighted by atomic mass is 10.2. The maximum Gasteiger partial charge on any atom is 0.253 e. The molecule has 26 heavy (non-hydrogen) atoms. The summed E-state index contributed by atoms with van der Waals surface area (Å²) in [6.45, 7) is 0.805. The molecular formula is C19H23N3O4. The zero-order valence-corrected chi connectivity index (χ0v) is 14.7. The van der Waals surface area contributed by atoms with Gasteiger partial charge in [-0.05, 0) is 42.7 Å². The number of hydrogen-bond acceptors (Lipinski definition) is 6. The van der Waals surface area contributed by atoms with Gasteiger partial charge in [0.1, 0.15) is 12.7 Å². The minimum absolute atomic E-state index is 0.0409. The number of rotatable bonds is 7. The Morgan fingerprint density at radius 1 is 1.27 bits per heavy atom. The number of nitrogens with one attached hydrogen (secondary N) is 1. The summed E-state index contributed by atoms with van der Waals surface area (Å²) in [6, 6.07) is 9.03. The number of methoxy groups -OCH3 is 1. The van der Waals surface area contributed by atoms with Crippen molar-refractivity contribution in [3.05, 3.63) is 48.3 Å². The molecule has 1 fully saturated rings. The van der Waals surface area contributed by atoms with Crippen molar-refractivity contribution in [1.82, 2.24) is 4.98 Å². The molecule has 0 spiro atoms. The van der Waals surface area contributed by atoms with E-state index < -0.39 is 6.10 Å². The number of amides is 1. The second-order valence-electron chi connectivity index (χ2n) is 6.06. The Kier molecular flexibility index (Phi) is 6.04. The Morgan fingerprint density at radius 3 is 2.77 bits per heavy atom. The number of hydrogen-bond donors (Lipinski definition) is 2. The number of benzene rings is 1. The van der Waals surface area contributed by atoms with E-state index in [0.717, 1.165) is 12.0 Å². The van der Waals surface area contributed by atoms with Crippen LogP contribution in [0.25, 0.3) is 0 Å². The van der Waals surface area contributed by atoms with Crippen molar-refractivity contribution in [2.24, 2.45) is 5.73 Å². The predicted molar refractivity (Wildman–Crippen MR) is 97.1 cm³/mol. The highest BCUT2D eigenvalue weighted by molar-refractivity contribution is 5.94. The highest BCUT2D eigenvalue weighted by Gasteiger charge is 2.29. The van der Waals surface area contributed by atoms with Crippen LogP contribution in [0, 0.1) is 0 Å². The Hall–Kier alpha value is -2.64. The zero-order chi connectivity index (χ0) is 18.4. The van der Waals surface area contributed by atoms with Crippen LogP contribution in [0.4, 0.5) is 5.69 Å². The van der Waals surface area contributed by atoms with E-state index in [1.807, 2.05) is 12.1 Å². The van der Waals surface area contributed by atoms with Crippen LogP contribution >= 0.6 is 0 Å². The van der Waals surface area contributed by atoms with E-state index in [9.17, 15) is 4.79 Å². The molecule has 3 rings (SSSR count). The average Bonchev–Trinajstić information content (AvgIpc) is 3.17. The van der Waals surface area contributed by atoms with Gasteiger partial charge >= 0.3 is 0 Å². The van der Waals surface area contributed by atoms with Crippen LogP contribution in [-0.4, -0.2) is 36.8 Å². The molecule has 2 atom stereocenters. The third-order valence-electron chi connectivity index (χ3n) is 4.24. The molecular weight excluding hydrogens is 334 g/mol. The molecule has 0 aliphatic carbocycles. The highest BCUT2D eigenvalue weighted by atomic mass is 16.5. The van der Waals surface area contributed by atoms with Crippen LogP contribution in [0.3, 0.4) is 0 Å². The van der Waals surface area contributed by atoms with Crippen molar-refractivity contribution < 1.29 is 19.0 Å². The Bertz CT molecular complexity index is 739. The standard InChI is InChI=1S/C19H23N3O4/c1-24-16-4-2-14(22-19(23)17-5-3-15(11-20)26-17)10-18(16)25-12-13-6-8-21-9-7-13/h2,4,6-10,15,17H,3,5,11-12,20H2,1H3,(H,22,23)/t15-,17+/m1/s1. The van der Waals surface area contributed by atoms with Gasteiger partial charge in [-0.3, -0.25) is 9.78 Å². The minimum Gasteiger partial charge on any atom is -0.493 e. The largest absolute Gasteiger partial charge is 0.493 e. The third-order valence-corrected chi connectivity index (χ3v) is 4.24. The summed E-state index contributed by atoms with van der Waals surface area (Å²) in [4.78, 5) is 16.3. The summed E-state index contributed by atoms with van der Waals surface area (Å²) in [5.41, 5.74) is 7.21. The van der Waals surface area contributed by atoms with Crippen LogP contribution in [0.5, 0.6) is 11.5 Å². The number of ether oxygens (including phenoxy) is 3. The van der Waals surface area contributed by atoms with Gasteiger partial charge in [-0.2, -0.15) is 0 Å². The van der Waals surface area contributed by atoms with Crippen molar-refractivity contribution >= 4 is 11.6 Å². The van der Waals surface area contributed by atoms with Gasteiger partial charge in [0.05, 0.1) is 13.2 Å². The molecule has 0 bridgehead atoms. The fourth-order valence-corrected chi connectivity index (χ4v) is 2.80. The number of nitrogens with zero attached hydrogens (tertiary/aromatic N) is 1. The van der Waals surface area contributed by atoms with E-state index in [1.165, 1.54) is 0 Å². The van der Waals surface area contributed by atoms with Gasteiger partial charge in [-0.15, -0.1) is 0 Å². The number of nitrogens with two attached hydrogens (primary N) is 1. The van der Waals surface area contributed by atoms with E-state index in [4.69, 9.17) is 19.9 Å². The van der Waals surface area contributed by atoms with Crippen molar-refractivity contribution in [1.29, 1.82) is 0 Å². The van der Waals surface area contributed by atoms with Crippen LogP contribution in [0.15, 0.2) is 42.7 Å². The van der Waals surface area contributed by atoms with Crippen LogP contribution in [0.1, 0.15) is 18.4 Å². The number of anilines is 1. The second-order valence-corrected chi connectivity index (χ2v) is 6.06. The average molecular weight is 357 g/mol. The van der Waals surface area contributed by atoms with E-state index in [2.05, 4.69) is 10.3 Å². The molecule has 0 unspecified atom stereocenters. The zero-order valence-electron chi connectivity index (χ0n) is 14.7. The van der Waals surface area contributed by atoms with E-state index in [1.54, 1.807) is 37.7 Å². The van der Waals surface area contributed by atoms with Crippen molar-refractivity contribution in [3.63, 3.8) is 0 Å². The Labute approximate surface area is 152 Å². The minimum atomic E-state index is -0.466. The summed E-state index contributed by atoms with van der Waals surface area (Å²) in [5.74, 6) is 0.970. The summed E-state index contributed by atoms with van der Waals surface area (Å²) in [6.07, 6.45) is 4.39. The molecule has 1 amide bonds. The van der Waals surface area contributed by atoms with E-state index in [-0.39, 0.29) is 12.0 Å². The summed E-state index contributed by atoms with van der Waals surface area (Å²) >= 11 is 0. The Balaban J connectivity index is 1.65. The summed E-state index contributed by atoms with van der Waals surface area (Å²) in [7, 11) is 1.58. The van der Waals surface area contributed by atoms with Gasteiger partial charge in [0, 0.05) is 30.7 Å². The van der Waals surface area contributed by atoms with E-state index >= 15 is 0 Å². The first-order valence-electron chi connectivity index (χ1n) is 8.55. The van der Waals surface area contributed by atoms with Crippen LogP contribution in [-0.2, 0) is 16.1 Å². The second kappa shape index (κ2) is 8.64. The van der Waals surface area contributed by atoms with Gasteiger partial charge in [0.2, 0.25) is 0 Å². The SMILES string of the molecule is COc1ccc(NC(=O)[C@@H]2CC[C@H](CN)O2)cc1OCc1ccncc1. The molecule has 1 aliphatic heterocycles. The fraction of sp³-hybridized carbons (Fsp3) is 0.368. The number of pyridine rings is 1.